The van der Waals surface area contributed by atoms with Gasteiger partial charge in [-0.15, -0.1) is 25.3 Å². The Morgan fingerprint density at radius 2 is 0.930 bits per heavy atom. The highest BCUT2D eigenvalue weighted by atomic mass is 35.5. The molecule has 224 valence electrons. The van der Waals surface area contributed by atoms with Crippen molar-refractivity contribution in [3.63, 3.8) is 0 Å². The number of thiol groups is 2. The smallest absolute Gasteiger partial charge is 0.416 e. The second kappa shape index (κ2) is 11.8. The van der Waals surface area contributed by atoms with E-state index < -0.39 is 64.5 Å². The molecule has 4 aromatic carbocycles. The Morgan fingerprint density at radius 1 is 0.628 bits per heavy atom. The van der Waals surface area contributed by atoms with E-state index in [0.717, 1.165) is 36.4 Å². The van der Waals surface area contributed by atoms with E-state index >= 15 is 0 Å². The number of hydrogen-bond acceptors (Lipinski definition) is 7. The fourth-order valence-corrected chi connectivity index (χ4v) is 4.97. The lowest BCUT2D eigenvalue weighted by Crippen LogP contribution is -2.04. The van der Waals surface area contributed by atoms with Gasteiger partial charge in [-0.05, 0) is 47.5 Å². The Labute approximate surface area is 258 Å². The van der Waals surface area contributed by atoms with E-state index in [9.17, 15) is 46.6 Å². The maximum absolute atomic E-state index is 13.1. The first-order valence-electron chi connectivity index (χ1n) is 11.3. The van der Waals surface area contributed by atoms with Crippen molar-refractivity contribution in [2.75, 3.05) is 0 Å². The second-order valence-corrected chi connectivity index (χ2v) is 10.3. The van der Waals surface area contributed by atoms with Crippen LogP contribution in [0, 0.1) is 20.2 Å². The van der Waals surface area contributed by atoms with Crippen LogP contribution in [0.1, 0.15) is 11.1 Å². The predicted octanol–water partition coefficient (Wildman–Crippen LogP) is 10.6. The third-order valence-electron chi connectivity index (χ3n) is 5.99. The number of hydrogen-bond donors (Lipinski definition) is 2. The third-order valence-corrected chi connectivity index (χ3v) is 7.87. The SMILES string of the molecule is O=[N+]([O-])c1c(-c2ccc(C(F)(F)F)cc2)cc(Oc2cc(-c3ccc(C(F)(F)F)cc3)c([N+](=O)[O-])c(S)c2Cl)c(Cl)c1S. The van der Waals surface area contributed by atoms with Gasteiger partial charge in [-0.3, -0.25) is 20.2 Å². The Morgan fingerprint density at radius 3 is 1.19 bits per heavy atom. The number of alkyl halides is 6. The summed E-state index contributed by atoms with van der Waals surface area (Å²) in [6.45, 7) is 0. The van der Waals surface area contributed by atoms with Crippen molar-refractivity contribution in [2.45, 2.75) is 22.1 Å². The van der Waals surface area contributed by atoms with Crippen molar-refractivity contribution in [3.05, 3.63) is 102 Å². The third kappa shape index (κ3) is 6.49. The normalized spacial score (nSPS) is 11.9. The quantitative estimate of drug-likeness (QED) is 0.0914. The molecule has 0 bridgehead atoms. The van der Waals surface area contributed by atoms with Crippen LogP contribution in [0.4, 0.5) is 37.7 Å². The van der Waals surface area contributed by atoms with Crippen LogP contribution in [0.3, 0.4) is 0 Å². The zero-order valence-electron chi connectivity index (χ0n) is 20.6. The van der Waals surface area contributed by atoms with Gasteiger partial charge in [0.1, 0.15) is 31.3 Å². The van der Waals surface area contributed by atoms with Crippen molar-refractivity contribution in [2.24, 2.45) is 0 Å². The molecular formula is C26H12Cl2F6N2O5S2. The molecule has 17 heteroatoms. The molecule has 0 saturated carbocycles. The fraction of sp³-hybridized carbons (Fsp3) is 0.0769. The number of benzene rings is 4. The predicted molar refractivity (Wildman–Crippen MR) is 152 cm³/mol. The molecule has 0 heterocycles. The van der Waals surface area contributed by atoms with Crippen LogP contribution in [0.15, 0.2) is 70.5 Å². The van der Waals surface area contributed by atoms with Gasteiger partial charge in [-0.25, -0.2) is 0 Å². The summed E-state index contributed by atoms with van der Waals surface area (Å²) in [5.41, 5.74) is -3.88. The van der Waals surface area contributed by atoms with Gasteiger partial charge in [-0.1, -0.05) is 47.5 Å². The van der Waals surface area contributed by atoms with Crippen LogP contribution in [-0.4, -0.2) is 9.85 Å². The standard InChI is InChI=1S/C26H12Cl2F6N2O5S2/c27-19-17(9-15(21(23(19)42)35(37)38)11-1-5-13(6-2-11)25(29,30)31)41-18-10-16(22(36(39)40)24(43)20(18)28)12-3-7-14(8-4-12)26(32,33)34/h1-10,42-43H. The molecule has 0 atom stereocenters. The van der Waals surface area contributed by atoms with Crippen LogP contribution >= 0.6 is 48.5 Å². The Hall–Kier alpha value is -3.66. The Kier molecular flexibility index (Phi) is 8.84. The van der Waals surface area contributed by atoms with E-state index in [1.54, 1.807) is 0 Å². The Bertz CT molecular complexity index is 1640. The van der Waals surface area contributed by atoms with Crippen molar-refractivity contribution >= 4 is 59.8 Å². The maximum Gasteiger partial charge on any atom is 0.416 e. The number of nitro groups is 2. The molecule has 0 saturated heterocycles. The number of nitrogens with zero attached hydrogens (tertiary/aromatic N) is 2. The summed E-state index contributed by atoms with van der Waals surface area (Å²) in [5.74, 6) is -0.678. The molecule has 7 nitrogen and oxygen atoms in total. The molecule has 0 fully saturated rings. The topological polar surface area (TPSA) is 95.5 Å². The van der Waals surface area contributed by atoms with Gasteiger partial charge >= 0.3 is 12.4 Å². The van der Waals surface area contributed by atoms with Crippen LogP contribution < -0.4 is 4.74 Å². The zero-order valence-corrected chi connectivity index (χ0v) is 23.9. The summed E-state index contributed by atoms with van der Waals surface area (Å²) >= 11 is 20.8. The average molecular weight is 681 g/mol. The van der Waals surface area contributed by atoms with Crippen LogP contribution in [0.5, 0.6) is 11.5 Å². The van der Waals surface area contributed by atoms with E-state index in [1.165, 1.54) is 0 Å². The van der Waals surface area contributed by atoms with Gasteiger partial charge in [0.15, 0.2) is 0 Å². The number of ether oxygens (including phenoxy) is 1. The molecule has 0 N–H and O–H groups in total. The van der Waals surface area contributed by atoms with E-state index in [4.69, 9.17) is 27.9 Å². The largest absolute Gasteiger partial charge is 0.454 e. The maximum atomic E-state index is 13.1. The van der Waals surface area contributed by atoms with Crippen LogP contribution in [0.25, 0.3) is 22.3 Å². The van der Waals surface area contributed by atoms with Crippen LogP contribution in [-0.2, 0) is 12.4 Å². The first kappa shape index (κ1) is 32.3. The molecule has 0 amide bonds. The lowest BCUT2D eigenvalue weighted by Gasteiger charge is -2.16. The summed E-state index contributed by atoms with van der Waals surface area (Å²) < 4.78 is 84.1. The lowest BCUT2D eigenvalue weighted by molar-refractivity contribution is -0.387. The molecule has 0 spiro atoms. The summed E-state index contributed by atoms with van der Waals surface area (Å²) in [4.78, 5) is 21.2. The van der Waals surface area contributed by atoms with Gasteiger partial charge in [-0.2, -0.15) is 26.3 Å². The summed E-state index contributed by atoms with van der Waals surface area (Å²) in [5, 5.41) is 22.9. The zero-order chi connectivity index (χ0) is 32.0. The number of halogens is 8. The monoisotopic (exact) mass is 680 g/mol. The van der Waals surface area contributed by atoms with Gasteiger partial charge in [0.25, 0.3) is 11.4 Å². The van der Waals surface area contributed by atoms with Crippen molar-refractivity contribution < 1.29 is 40.9 Å². The minimum atomic E-state index is -4.67. The first-order valence-corrected chi connectivity index (χ1v) is 13.0. The van der Waals surface area contributed by atoms with E-state index in [2.05, 4.69) is 25.3 Å². The molecule has 4 aromatic rings. The van der Waals surface area contributed by atoms with Crippen molar-refractivity contribution in [1.29, 1.82) is 0 Å². The molecular weight excluding hydrogens is 669 g/mol. The number of rotatable bonds is 6. The summed E-state index contributed by atoms with van der Waals surface area (Å²) in [7, 11) is 0. The van der Waals surface area contributed by atoms with Gasteiger partial charge in [0, 0.05) is 0 Å². The van der Waals surface area contributed by atoms with Gasteiger partial charge in [0.2, 0.25) is 0 Å². The fourth-order valence-electron chi connectivity index (χ4n) is 3.98. The highest BCUT2D eigenvalue weighted by Crippen LogP contribution is 2.50. The first-order chi connectivity index (χ1) is 19.9. The lowest BCUT2D eigenvalue weighted by atomic mass is 10.0. The molecule has 0 radical (unpaired) electrons. The molecule has 0 aromatic heterocycles. The number of nitro benzene ring substituents is 2. The van der Waals surface area contributed by atoms with E-state index in [0.29, 0.717) is 24.3 Å². The van der Waals surface area contributed by atoms with E-state index in [-0.39, 0.29) is 33.8 Å². The average Bonchev–Trinajstić information content (AvgIpc) is 2.92. The van der Waals surface area contributed by atoms with Crippen molar-refractivity contribution in [1.82, 2.24) is 0 Å². The minimum Gasteiger partial charge on any atom is -0.454 e. The van der Waals surface area contributed by atoms with Gasteiger partial charge < -0.3 is 4.74 Å². The molecule has 0 unspecified atom stereocenters. The molecule has 4 rings (SSSR count). The van der Waals surface area contributed by atoms with Gasteiger partial charge in [0.05, 0.1) is 32.1 Å². The molecule has 43 heavy (non-hydrogen) atoms. The summed E-state index contributed by atoms with van der Waals surface area (Å²) in [6.07, 6.45) is -9.34. The minimum absolute atomic E-state index is 0.0355. The highest BCUT2D eigenvalue weighted by Gasteiger charge is 2.33. The molecule has 0 aliphatic carbocycles. The molecule has 0 aliphatic rings. The van der Waals surface area contributed by atoms with E-state index in [1.807, 2.05) is 0 Å². The molecule has 0 aliphatic heterocycles. The second-order valence-electron chi connectivity index (χ2n) is 8.63. The van der Waals surface area contributed by atoms with Crippen molar-refractivity contribution in [3.8, 4) is 33.8 Å². The Balaban J connectivity index is 1.89. The van der Waals surface area contributed by atoms with Crippen LogP contribution in [0.2, 0.25) is 10.0 Å². The highest BCUT2D eigenvalue weighted by molar-refractivity contribution is 7.80. The summed E-state index contributed by atoms with van der Waals surface area (Å²) in [6, 6.07) is 8.88.